The van der Waals surface area contributed by atoms with Gasteiger partial charge in [-0.15, -0.1) is 0 Å². The van der Waals surface area contributed by atoms with Crippen molar-refractivity contribution in [3.05, 3.63) is 0 Å². The molecule has 0 saturated carbocycles. The fourth-order valence-corrected chi connectivity index (χ4v) is 1.78. The second-order valence-electron chi connectivity index (χ2n) is 3.69. The first-order valence-corrected chi connectivity index (χ1v) is 4.20. The van der Waals surface area contributed by atoms with Crippen LogP contribution in [0.2, 0.25) is 0 Å². The van der Waals surface area contributed by atoms with Gasteiger partial charge in [0.15, 0.2) is 5.79 Å². The summed E-state index contributed by atoms with van der Waals surface area (Å²) in [5.74, 6) is -0.521. The van der Waals surface area contributed by atoms with Crippen LogP contribution in [0.1, 0.15) is 13.8 Å². The van der Waals surface area contributed by atoms with E-state index in [0.29, 0.717) is 6.61 Å². The van der Waals surface area contributed by atoms with Crippen molar-refractivity contribution < 1.29 is 19.3 Å². The normalized spacial score (nSPS) is 44.8. The standard InChI is InChI=1S/C8H14O4/c1-8(2)11-6-4-10-5(3-9)7(6)12-8/h5-7,9H,3-4H2,1-2H3/t5-,6+,7-/m0/s1. The van der Waals surface area contributed by atoms with Gasteiger partial charge in [-0.25, -0.2) is 0 Å². The van der Waals surface area contributed by atoms with Gasteiger partial charge in [0.1, 0.15) is 18.3 Å². The molecule has 0 unspecified atom stereocenters. The lowest BCUT2D eigenvalue weighted by molar-refractivity contribution is -0.177. The fraction of sp³-hybridized carbons (Fsp3) is 1.00. The molecule has 0 aromatic heterocycles. The summed E-state index contributed by atoms with van der Waals surface area (Å²) in [7, 11) is 0. The number of fused-ring (bicyclic) bond motifs is 1. The van der Waals surface area contributed by atoms with Crippen LogP contribution in [0.25, 0.3) is 0 Å². The molecule has 2 rings (SSSR count). The van der Waals surface area contributed by atoms with E-state index in [9.17, 15) is 0 Å². The first-order valence-electron chi connectivity index (χ1n) is 4.20. The van der Waals surface area contributed by atoms with E-state index in [-0.39, 0.29) is 24.9 Å². The minimum absolute atomic E-state index is 0.000602. The van der Waals surface area contributed by atoms with Crippen molar-refractivity contribution in [2.45, 2.75) is 37.9 Å². The summed E-state index contributed by atoms with van der Waals surface area (Å²) in [6.45, 7) is 4.28. The highest BCUT2D eigenvalue weighted by atomic mass is 16.8. The zero-order valence-corrected chi connectivity index (χ0v) is 7.32. The smallest absolute Gasteiger partial charge is 0.164 e. The second-order valence-corrected chi connectivity index (χ2v) is 3.69. The lowest BCUT2D eigenvalue weighted by Gasteiger charge is -2.20. The number of ether oxygens (including phenoxy) is 3. The van der Waals surface area contributed by atoms with E-state index < -0.39 is 5.79 Å². The van der Waals surface area contributed by atoms with Gasteiger partial charge in [0.25, 0.3) is 0 Å². The van der Waals surface area contributed by atoms with Crippen molar-refractivity contribution in [1.82, 2.24) is 0 Å². The van der Waals surface area contributed by atoms with Crippen LogP contribution in [0.3, 0.4) is 0 Å². The zero-order valence-electron chi connectivity index (χ0n) is 7.32. The molecule has 0 radical (unpaired) electrons. The van der Waals surface area contributed by atoms with E-state index in [1.165, 1.54) is 0 Å². The van der Waals surface area contributed by atoms with Crippen LogP contribution in [-0.2, 0) is 14.2 Å². The molecule has 0 aromatic rings. The van der Waals surface area contributed by atoms with Gasteiger partial charge >= 0.3 is 0 Å². The van der Waals surface area contributed by atoms with Crippen LogP contribution < -0.4 is 0 Å². The third-order valence-corrected chi connectivity index (χ3v) is 2.24. The Bertz CT molecular complexity index is 180. The minimum Gasteiger partial charge on any atom is -0.394 e. The Morgan fingerprint density at radius 1 is 1.42 bits per heavy atom. The molecule has 4 nitrogen and oxygen atoms in total. The van der Waals surface area contributed by atoms with Gasteiger partial charge in [-0.3, -0.25) is 0 Å². The first kappa shape index (κ1) is 8.44. The molecule has 2 fully saturated rings. The predicted molar refractivity (Wildman–Crippen MR) is 40.7 cm³/mol. The highest BCUT2D eigenvalue weighted by Gasteiger charge is 2.49. The summed E-state index contributed by atoms with van der Waals surface area (Å²) in [5, 5.41) is 8.92. The van der Waals surface area contributed by atoms with Gasteiger partial charge in [0.2, 0.25) is 0 Å². The molecule has 0 spiro atoms. The summed E-state index contributed by atoms with van der Waals surface area (Å²) in [6.07, 6.45) is -0.307. The number of aliphatic hydroxyl groups is 1. The van der Waals surface area contributed by atoms with Crippen molar-refractivity contribution in [2.75, 3.05) is 13.2 Å². The van der Waals surface area contributed by atoms with Crippen LogP contribution in [0.15, 0.2) is 0 Å². The molecule has 3 atom stereocenters. The van der Waals surface area contributed by atoms with Gasteiger partial charge in [-0.1, -0.05) is 0 Å². The molecule has 0 amide bonds. The Kier molecular flexibility index (Phi) is 1.88. The highest BCUT2D eigenvalue weighted by molar-refractivity contribution is 4.91. The molecule has 4 heteroatoms. The number of hydrogen-bond donors (Lipinski definition) is 1. The van der Waals surface area contributed by atoms with E-state index in [1.807, 2.05) is 13.8 Å². The maximum atomic E-state index is 8.92. The monoisotopic (exact) mass is 174 g/mol. The molecule has 2 aliphatic rings. The third-order valence-electron chi connectivity index (χ3n) is 2.24. The summed E-state index contributed by atoms with van der Waals surface area (Å²) in [4.78, 5) is 0. The predicted octanol–water partition coefficient (Wildman–Crippen LogP) is -0.102. The maximum Gasteiger partial charge on any atom is 0.164 e. The molecule has 12 heavy (non-hydrogen) atoms. The van der Waals surface area contributed by atoms with Gasteiger partial charge < -0.3 is 19.3 Å². The molecule has 70 valence electrons. The number of aliphatic hydroxyl groups excluding tert-OH is 1. The largest absolute Gasteiger partial charge is 0.394 e. The Labute approximate surface area is 71.4 Å². The van der Waals surface area contributed by atoms with Crippen molar-refractivity contribution in [1.29, 1.82) is 0 Å². The van der Waals surface area contributed by atoms with Crippen molar-refractivity contribution >= 4 is 0 Å². The molecule has 2 heterocycles. The average molecular weight is 174 g/mol. The highest BCUT2D eigenvalue weighted by Crippen LogP contribution is 2.34. The topological polar surface area (TPSA) is 47.9 Å². The van der Waals surface area contributed by atoms with Crippen LogP contribution in [-0.4, -0.2) is 42.4 Å². The molecule has 0 aromatic carbocycles. The molecular weight excluding hydrogens is 160 g/mol. The third kappa shape index (κ3) is 1.25. The zero-order chi connectivity index (χ0) is 8.77. The van der Waals surface area contributed by atoms with E-state index in [2.05, 4.69) is 0 Å². The van der Waals surface area contributed by atoms with Crippen molar-refractivity contribution in [2.24, 2.45) is 0 Å². The Hall–Kier alpha value is -0.160. The fourth-order valence-electron chi connectivity index (χ4n) is 1.78. The summed E-state index contributed by atoms with van der Waals surface area (Å²) < 4.78 is 16.4. The number of rotatable bonds is 1. The van der Waals surface area contributed by atoms with Crippen LogP contribution >= 0.6 is 0 Å². The molecule has 2 saturated heterocycles. The van der Waals surface area contributed by atoms with Gasteiger partial charge in [0.05, 0.1) is 13.2 Å². The van der Waals surface area contributed by atoms with Crippen LogP contribution in [0.4, 0.5) is 0 Å². The Balaban J connectivity index is 2.06. The summed E-state index contributed by atoms with van der Waals surface area (Å²) in [6, 6.07) is 0. The van der Waals surface area contributed by atoms with E-state index >= 15 is 0 Å². The number of hydrogen-bond acceptors (Lipinski definition) is 4. The maximum absolute atomic E-state index is 8.92. The molecule has 2 aliphatic heterocycles. The minimum atomic E-state index is -0.521. The second kappa shape index (κ2) is 2.67. The average Bonchev–Trinajstić information content (AvgIpc) is 2.42. The van der Waals surface area contributed by atoms with E-state index in [4.69, 9.17) is 19.3 Å². The van der Waals surface area contributed by atoms with Crippen molar-refractivity contribution in [3.8, 4) is 0 Å². The Morgan fingerprint density at radius 2 is 2.17 bits per heavy atom. The summed E-state index contributed by atoms with van der Waals surface area (Å²) in [5.41, 5.74) is 0. The van der Waals surface area contributed by atoms with Crippen molar-refractivity contribution in [3.63, 3.8) is 0 Å². The molecule has 0 aliphatic carbocycles. The lowest BCUT2D eigenvalue weighted by Crippen LogP contribution is -2.31. The van der Waals surface area contributed by atoms with E-state index in [0.717, 1.165) is 0 Å². The van der Waals surface area contributed by atoms with Gasteiger partial charge in [0, 0.05) is 0 Å². The SMILES string of the molecule is CC1(C)O[C@H]2[C@H](CO)OC[C@H]2O1. The van der Waals surface area contributed by atoms with Gasteiger partial charge in [-0.2, -0.15) is 0 Å². The first-order chi connectivity index (χ1) is 5.62. The van der Waals surface area contributed by atoms with Gasteiger partial charge in [-0.05, 0) is 13.8 Å². The lowest BCUT2D eigenvalue weighted by atomic mass is 10.2. The quantitative estimate of drug-likeness (QED) is 0.603. The van der Waals surface area contributed by atoms with E-state index in [1.54, 1.807) is 0 Å². The molecule has 0 bridgehead atoms. The summed E-state index contributed by atoms with van der Waals surface area (Å²) >= 11 is 0. The van der Waals surface area contributed by atoms with Crippen LogP contribution in [0, 0.1) is 0 Å². The molecule has 1 N–H and O–H groups in total. The van der Waals surface area contributed by atoms with Crippen LogP contribution in [0.5, 0.6) is 0 Å². The molecular formula is C8H14O4. The Morgan fingerprint density at radius 3 is 2.83 bits per heavy atom.